The van der Waals surface area contributed by atoms with Crippen molar-refractivity contribution >= 4 is 17.7 Å². The van der Waals surface area contributed by atoms with Crippen LogP contribution in [-0.4, -0.2) is 40.1 Å². The second-order valence-electron chi connectivity index (χ2n) is 5.19. The van der Waals surface area contributed by atoms with Gasteiger partial charge in [-0.25, -0.2) is 4.98 Å². The highest BCUT2D eigenvalue weighted by atomic mass is 32.2. The Morgan fingerprint density at radius 3 is 2.95 bits per heavy atom. The van der Waals surface area contributed by atoms with Crippen LogP contribution in [0.2, 0.25) is 0 Å². The average molecular weight is 284 g/mol. The van der Waals surface area contributed by atoms with Gasteiger partial charge in [-0.2, -0.15) is 0 Å². The predicted molar refractivity (Wildman–Crippen MR) is 73.5 cm³/mol. The van der Waals surface area contributed by atoms with Gasteiger partial charge in [-0.3, -0.25) is 4.79 Å². The van der Waals surface area contributed by atoms with Gasteiger partial charge in [0.2, 0.25) is 0 Å². The summed E-state index contributed by atoms with van der Waals surface area (Å²) in [5.41, 5.74) is 1.43. The number of carboxylic acid groups (broad SMARTS) is 1. The third-order valence-corrected chi connectivity index (χ3v) is 4.61. The number of aryl methyl sites for hydroxylation is 1. The molecule has 5 nitrogen and oxygen atoms in total. The molecule has 6 heteroatoms. The Balaban J connectivity index is 2.03. The van der Waals surface area contributed by atoms with Crippen molar-refractivity contribution in [3.05, 3.63) is 11.9 Å². The number of aromatic nitrogens is 2. The Bertz CT molecular complexity index is 455. The van der Waals surface area contributed by atoms with E-state index in [9.17, 15) is 4.79 Å². The van der Waals surface area contributed by atoms with Gasteiger partial charge >= 0.3 is 5.97 Å². The molecule has 0 aromatic carbocycles. The van der Waals surface area contributed by atoms with Crippen LogP contribution < -0.4 is 0 Å². The topological polar surface area (TPSA) is 64.4 Å². The number of ether oxygens (including phenoxy) is 1. The van der Waals surface area contributed by atoms with E-state index in [0.29, 0.717) is 5.41 Å². The second kappa shape index (κ2) is 5.96. The van der Waals surface area contributed by atoms with Crippen LogP contribution in [-0.2, 0) is 16.1 Å². The van der Waals surface area contributed by atoms with E-state index in [2.05, 4.69) is 9.55 Å². The lowest BCUT2D eigenvalue weighted by Crippen LogP contribution is -2.16. The first-order valence-electron chi connectivity index (χ1n) is 6.42. The van der Waals surface area contributed by atoms with Crippen LogP contribution in [0, 0.1) is 12.3 Å². The van der Waals surface area contributed by atoms with Gasteiger partial charge in [0.05, 0.1) is 5.75 Å². The summed E-state index contributed by atoms with van der Waals surface area (Å²) in [5, 5.41) is 9.57. The molecule has 1 heterocycles. The number of thioether (sulfide) groups is 1. The zero-order chi connectivity index (χ0) is 13.9. The van der Waals surface area contributed by atoms with Crippen LogP contribution in [0.3, 0.4) is 0 Å². The highest BCUT2D eigenvalue weighted by molar-refractivity contribution is 7.99. The number of carbonyl (C=O) groups is 1. The van der Waals surface area contributed by atoms with Crippen molar-refractivity contribution in [2.24, 2.45) is 5.41 Å². The molecule has 19 heavy (non-hydrogen) atoms. The summed E-state index contributed by atoms with van der Waals surface area (Å²) in [6.45, 7) is 3.72. The molecule has 1 aliphatic carbocycles. The van der Waals surface area contributed by atoms with Crippen molar-refractivity contribution in [3.63, 3.8) is 0 Å². The van der Waals surface area contributed by atoms with Crippen molar-refractivity contribution in [2.75, 3.05) is 19.5 Å². The summed E-state index contributed by atoms with van der Waals surface area (Å²) >= 11 is 1.29. The fourth-order valence-electron chi connectivity index (χ4n) is 2.19. The molecule has 0 unspecified atom stereocenters. The Labute approximate surface area is 117 Å². The minimum Gasteiger partial charge on any atom is -0.481 e. The standard InChI is InChI=1S/C13H20N2O3S/c1-10-7-14-12(19-8-11(16)17)15(10)9-13(3-4-13)5-6-18-2/h7H,3-6,8-9H2,1-2H3,(H,16,17). The molecular weight excluding hydrogens is 264 g/mol. The van der Waals surface area contributed by atoms with Crippen LogP contribution >= 0.6 is 11.8 Å². The molecule has 0 aliphatic heterocycles. The van der Waals surface area contributed by atoms with Crippen molar-refractivity contribution in [3.8, 4) is 0 Å². The molecule has 1 aromatic heterocycles. The van der Waals surface area contributed by atoms with E-state index in [0.717, 1.165) is 30.4 Å². The Morgan fingerprint density at radius 2 is 2.37 bits per heavy atom. The Morgan fingerprint density at radius 1 is 1.63 bits per heavy atom. The molecule has 0 saturated heterocycles. The lowest BCUT2D eigenvalue weighted by Gasteiger charge is -2.18. The Kier molecular flexibility index (Phi) is 4.52. The summed E-state index contributed by atoms with van der Waals surface area (Å²) in [6, 6.07) is 0. The zero-order valence-electron chi connectivity index (χ0n) is 11.4. The fourth-order valence-corrected chi connectivity index (χ4v) is 2.93. The van der Waals surface area contributed by atoms with E-state index in [1.54, 1.807) is 7.11 Å². The monoisotopic (exact) mass is 284 g/mol. The average Bonchev–Trinajstić information content (AvgIpc) is 3.06. The largest absolute Gasteiger partial charge is 0.481 e. The summed E-state index contributed by atoms with van der Waals surface area (Å²) in [7, 11) is 1.73. The highest BCUT2D eigenvalue weighted by Gasteiger charge is 2.42. The number of hydrogen-bond donors (Lipinski definition) is 1. The first kappa shape index (κ1) is 14.4. The van der Waals surface area contributed by atoms with Crippen LogP contribution in [0.5, 0.6) is 0 Å². The smallest absolute Gasteiger partial charge is 0.313 e. The van der Waals surface area contributed by atoms with Gasteiger partial charge in [-0.1, -0.05) is 11.8 Å². The van der Waals surface area contributed by atoms with Gasteiger partial charge in [-0.05, 0) is 31.6 Å². The number of carboxylic acids is 1. The van der Waals surface area contributed by atoms with Gasteiger partial charge in [0.25, 0.3) is 0 Å². The SMILES string of the molecule is COCCC1(Cn2c(C)cnc2SCC(=O)O)CC1. The fraction of sp³-hybridized carbons (Fsp3) is 0.692. The molecule has 0 radical (unpaired) electrons. The van der Waals surface area contributed by atoms with E-state index in [-0.39, 0.29) is 5.75 Å². The van der Waals surface area contributed by atoms with E-state index in [1.807, 2.05) is 13.1 Å². The van der Waals surface area contributed by atoms with Gasteiger partial charge in [0, 0.05) is 32.2 Å². The van der Waals surface area contributed by atoms with Gasteiger partial charge in [0.1, 0.15) is 0 Å². The number of aliphatic carboxylic acids is 1. The maximum absolute atomic E-state index is 10.7. The highest BCUT2D eigenvalue weighted by Crippen LogP contribution is 2.50. The first-order valence-corrected chi connectivity index (χ1v) is 7.40. The molecule has 1 aliphatic rings. The van der Waals surface area contributed by atoms with E-state index < -0.39 is 5.97 Å². The van der Waals surface area contributed by atoms with Crippen LogP contribution in [0.1, 0.15) is 25.0 Å². The summed E-state index contributed by atoms with van der Waals surface area (Å²) in [5.74, 6) is -0.751. The summed E-state index contributed by atoms with van der Waals surface area (Å²) < 4.78 is 7.32. The van der Waals surface area contributed by atoms with Crippen molar-refractivity contribution in [1.82, 2.24) is 9.55 Å². The number of rotatable bonds is 8. The summed E-state index contributed by atoms with van der Waals surface area (Å²) in [6.07, 6.45) is 5.31. The van der Waals surface area contributed by atoms with Crippen molar-refractivity contribution < 1.29 is 14.6 Å². The number of imidazole rings is 1. The number of nitrogens with zero attached hydrogens (tertiary/aromatic N) is 2. The number of hydrogen-bond acceptors (Lipinski definition) is 4. The van der Waals surface area contributed by atoms with Crippen LogP contribution in [0.15, 0.2) is 11.4 Å². The lowest BCUT2D eigenvalue weighted by atomic mass is 10.0. The molecule has 106 valence electrons. The quantitative estimate of drug-likeness (QED) is 0.741. The van der Waals surface area contributed by atoms with E-state index in [1.165, 1.54) is 24.6 Å². The first-order chi connectivity index (χ1) is 9.06. The minimum absolute atomic E-state index is 0.0571. The molecule has 1 N–H and O–H groups in total. The number of methoxy groups -OCH3 is 1. The van der Waals surface area contributed by atoms with Crippen molar-refractivity contribution in [1.29, 1.82) is 0 Å². The lowest BCUT2D eigenvalue weighted by molar-refractivity contribution is -0.133. The third kappa shape index (κ3) is 3.73. The molecule has 1 fully saturated rings. The van der Waals surface area contributed by atoms with Gasteiger partial charge < -0.3 is 14.4 Å². The van der Waals surface area contributed by atoms with Crippen molar-refractivity contribution in [2.45, 2.75) is 37.9 Å². The van der Waals surface area contributed by atoms with Gasteiger partial charge in [-0.15, -0.1) is 0 Å². The molecule has 1 aromatic rings. The molecular formula is C13H20N2O3S. The second-order valence-corrected chi connectivity index (χ2v) is 6.14. The normalized spacial score (nSPS) is 16.5. The maximum atomic E-state index is 10.7. The molecule has 0 atom stereocenters. The van der Waals surface area contributed by atoms with Gasteiger partial charge in [0.15, 0.2) is 5.16 Å². The zero-order valence-corrected chi connectivity index (χ0v) is 12.2. The van der Waals surface area contributed by atoms with E-state index in [4.69, 9.17) is 9.84 Å². The molecule has 1 saturated carbocycles. The molecule has 2 rings (SSSR count). The summed E-state index contributed by atoms with van der Waals surface area (Å²) in [4.78, 5) is 15.0. The van der Waals surface area contributed by atoms with Crippen LogP contribution in [0.4, 0.5) is 0 Å². The Hall–Kier alpha value is -1.01. The third-order valence-electron chi connectivity index (χ3n) is 3.63. The molecule has 0 bridgehead atoms. The maximum Gasteiger partial charge on any atom is 0.313 e. The van der Waals surface area contributed by atoms with E-state index >= 15 is 0 Å². The molecule has 0 spiro atoms. The van der Waals surface area contributed by atoms with Crippen LogP contribution in [0.25, 0.3) is 0 Å². The minimum atomic E-state index is -0.808. The molecule has 0 amide bonds. The predicted octanol–water partition coefficient (Wildman–Crippen LogP) is 2.18.